The van der Waals surface area contributed by atoms with Crippen LogP contribution in [0.2, 0.25) is 0 Å². The summed E-state index contributed by atoms with van der Waals surface area (Å²) in [6, 6.07) is 18.7. The molecule has 1 amide bonds. The van der Waals surface area contributed by atoms with Gasteiger partial charge in [-0.1, -0.05) is 55.3 Å². The number of nitrogens with zero attached hydrogens (tertiary/aromatic N) is 2. The minimum absolute atomic E-state index is 0.0875. The Hall–Kier alpha value is -3.93. The Morgan fingerprint density at radius 3 is 2.33 bits per heavy atom. The highest BCUT2D eigenvalue weighted by Gasteiger charge is 2.17. The second kappa shape index (κ2) is 10.8. The van der Waals surface area contributed by atoms with Crippen LogP contribution in [0, 0.1) is 20.8 Å². The molecule has 1 aromatic heterocycles. The number of carbonyl (C=O) groups excluding carboxylic acids is 1. The monoisotopic (exact) mass is 483 g/mol. The Bertz CT molecular complexity index is 1380. The van der Waals surface area contributed by atoms with Crippen molar-refractivity contribution >= 4 is 22.8 Å². The first-order valence-corrected chi connectivity index (χ1v) is 12.4. The summed E-state index contributed by atoms with van der Waals surface area (Å²) in [7, 11) is 0. The number of carbonyl (C=O) groups is 2. The van der Waals surface area contributed by atoms with E-state index in [1.807, 2.05) is 23.0 Å². The predicted molar refractivity (Wildman–Crippen MR) is 143 cm³/mol. The normalized spacial score (nSPS) is 12.0. The molecule has 1 unspecified atom stereocenters. The number of fused-ring (bicyclic) bond motifs is 1. The van der Waals surface area contributed by atoms with Gasteiger partial charge in [0.2, 0.25) is 0 Å². The van der Waals surface area contributed by atoms with Crippen LogP contribution in [0.3, 0.4) is 0 Å². The summed E-state index contributed by atoms with van der Waals surface area (Å²) in [6.45, 7) is 8.73. The van der Waals surface area contributed by atoms with Crippen LogP contribution >= 0.6 is 0 Å². The van der Waals surface area contributed by atoms with Crippen molar-refractivity contribution in [2.24, 2.45) is 0 Å². The lowest BCUT2D eigenvalue weighted by molar-refractivity contribution is -0.136. The minimum atomic E-state index is -0.939. The molecular formula is C30H33N3O3. The van der Waals surface area contributed by atoms with E-state index in [0.717, 1.165) is 23.7 Å². The molecule has 0 aliphatic carbocycles. The van der Waals surface area contributed by atoms with Crippen LogP contribution in [0.25, 0.3) is 22.0 Å². The Kier molecular flexibility index (Phi) is 7.53. The third-order valence-corrected chi connectivity index (χ3v) is 6.55. The first-order chi connectivity index (χ1) is 17.3. The highest BCUT2D eigenvalue weighted by molar-refractivity contribution is 5.98. The first-order valence-electron chi connectivity index (χ1n) is 12.4. The topological polar surface area (TPSA) is 84.2 Å². The fourth-order valence-corrected chi connectivity index (χ4v) is 4.96. The van der Waals surface area contributed by atoms with Gasteiger partial charge in [-0.3, -0.25) is 14.3 Å². The molecule has 186 valence electrons. The number of hydrogen-bond donors (Lipinski definition) is 2. The Labute approximate surface area is 212 Å². The highest BCUT2D eigenvalue weighted by atomic mass is 16.4. The average molecular weight is 484 g/mol. The molecule has 0 fully saturated rings. The largest absolute Gasteiger partial charge is 0.481 e. The maximum Gasteiger partial charge on any atom is 0.305 e. The lowest BCUT2D eigenvalue weighted by Crippen LogP contribution is -2.25. The zero-order valence-corrected chi connectivity index (χ0v) is 21.3. The molecule has 36 heavy (non-hydrogen) atoms. The van der Waals surface area contributed by atoms with Crippen LogP contribution in [0.5, 0.6) is 0 Å². The molecule has 0 bridgehead atoms. The number of carboxylic acids is 1. The molecule has 1 heterocycles. The molecule has 0 saturated heterocycles. The van der Waals surface area contributed by atoms with E-state index in [-0.39, 0.29) is 24.9 Å². The molecule has 0 radical (unpaired) electrons. The van der Waals surface area contributed by atoms with Crippen molar-refractivity contribution < 1.29 is 14.7 Å². The molecule has 2 N–H and O–H groups in total. The number of rotatable bonds is 9. The summed E-state index contributed by atoms with van der Waals surface area (Å²) < 4.78 is 2.00. The summed E-state index contributed by atoms with van der Waals surface area (Å²) in [6.07, 6.45) is 3.84. The quantitative estimate of drug-likeness (QED) is 0.296. The SMILES string of the molecule is CCCC(c1ccc(-c2c(C)cc(C)cc2C)cc1)n1cc2cc(C(=O)NCCC(=O)O)ccc2n1. The molecule has 3 aromatic carbocycles. The van der Waals surface area contributed by atoms with E-state index < -0.39 is 5.97 Å². The summed E-state index contributed by atoms with van der Waals surface area (Å²) in [4.78, 5) is 23.1. The number of aromatic nitrogens is 2. The lowest BCUT2D eigenvalue weighted by atomic mass is 9.92. The van der Waals surface area contributed by atoms with Crippen LogP contribution < -0.4 is 5.32 Å². The van der Waals surface area contributed by atoms with Gasteiger partial charge in [-0.15, -0.1) is 0 Å². The summed E-state index contributed by atoms with van der Waals surface area (Å²) in [5.41, 5.74) is 8.86. The van der Waals surface area contributed by atoms with Crippen molar-refractivity contribution in [2.75, 3.05) is 6.54 Å². The summed E-state index contributed by atoms with van der Waals surface area (Å²) >= 11 is 0. The van der Waals surface area contributed by atoms with E-state index in [4.69, 9.17) is 10.2 Å². The van der Waals surface area contributed by atoms with Gasteiger partial charge >= 0.3 is 5.97 Å². The number of benzene rings is 3. The number of aliphatic carboxylic acids is 1. The molecule has 4 aromatic rings. The number of carboxylic acid groups (broad SMARTS) is 1. The first kappa shape index (κ1) is 25.2. The fraction of sp³-hybridized carbons (Fsp3) is 0.300. The van der Waals surface area contributed by atoms with Gasteiger partial charge in [-0.25, -0.2) is 0 Å². The maximum atomic E-state index is 12.4. The molecule has 0 aliphatic heterocycles. The van der Waals surface area contributed by atoms with Crippen molar-refractivity contribution in [3.8, 4) is 11.1 Å². The van der Waals surface area contributed by atoms with Crippen LogP contribution in [-0.4, -0.2) is 33.3 Å². The fourth-order valence-electron chi connectivity index (χ4n) is 4.96. The van der Waals surface area contributed by atoms with Gasteiger partial charge in [0.1, 0.15) is 0 Å². The van der Waals surface area contributed by atoms with Gasteiger partial charge in [0.25, 0.3) is 5.91 Å². The van der Waals surface area contributed by atoms with Crippen LogP contribution in [0.4, 0.5) is 0 Å². The second-order valence-corrected chi connectivity index (χ2v) is 9.48. The Morgan fingerprint density at radius 2 is 1.69 bits per heavy atom. The third kappa shape index (κ3) is 5.48. The third-order valence-electron chi connectivity index (χ3n) is 6.55. The molecule has 6 nitrogen and oxygen atoms in total. The second-order valence-electron chi connectivity index (χ2n) is 9.48. The molecule has 0 spiro atoms. The minimum Gasteiger partial charge on any atom is -0.481 e. The smallest absolute Gasteiger partial charge is 0.305 e. The van der Waals surface area contributed by atoms with Crippen molar-refractivity contribution in [3.63, 3.8) is 0 Å². The van der Waals surface area contributed by atoms with E-state index in [1.54, 1.807) is 6.07 Å². The Balaban J connectivity index is 1.60. The van der Waals surface area contributed by atoms with Gasteiger partial charge in [-0.05, 0) is 73.2 Å². The summed E-state index contributed by atoms with van der Waals surface area (Å²) in [5, 5.41) is 17.1. The van der Waals surface area contributed by atoms with E-state index in [0.29, 0.717) is 5.56 Å². The molecular weight excluding hydrogens is 450 g/mol. The van der Waals surface area contributed by atoms with Crippen LogP contribution in [-0.2, 0) is 4.79 Å². The lowest BCUT2D eigenvalue weighted by Gasteiger charge is -2.18. The predicted octanol–water partition coefficient (Wildman–Crippen LogP) is 6.22. The van der Waals surface area contributed by atoms with Crippen molar-refractivity contribution in [1.29, 1.82) is 0 Å². The molecule has 0 saturated carbocycles. The van der Waals surface area contributed by atoms with Crippen molar-refractivity contribution in [1.82, 2.24) is 15.1 Å². The van der Waals surface area contributed by atoms with Crippen LogP contribution in [0.1, 0.15) is 64.8 Å². The Morgan fingerprint density at radius 1 is 1.00 bits per heavy atom. The average Bonchev–Trinajstić information content (AvgIpc) is 3.25. The van der Waals surface area contributed by atoms with Gasteiger partial charge in [0, 0.05) is 23.7 Å². The van der Waals surface area contributed by atoms with Crippen molar-refractivity contribution in [2.45, 2.75) is 53.0 Å². The molecule has 6 heteroatoms. The number of aryl methyl sites for hydroxylation is 3. The molecule has 4 rings (SSSR count). The molecule has 1 atom stereocenters. The van der Waals surface area contributed by atoms with Gasteiger partial charge in [0.05, 0.1) is 18.0 Å². The summed E-state index contributed by atoms with van der Waals surface area (Å²) in [5.74, 6) is -1.22. The number of hydrogen-bond acceptors (Lipinski definition) is 3. The highest BCUT2D eigenvalue weighted by Crippen LogP contribution is 2.31. The zero-order chi connectivity index (χ0) is 25.8. The van der Waals surface area contributed by atoms with Crippen molar-refractivity contribution in [3.05, 3.63) is 88.6 Å². The van der Waals surface area contributed by atoms with Gasteiger partial charge < -0.3 is 10.4 Å². The number of nitrogens with one attached hydrogen (secondary N) is 1. The standard InChI is InChI=1S/C30H33N3O3/c1-5-6-27(22-7-9-23(10-8-22)29-20(3)15-19(2)16-21(29)4)33-18-25-17-24(11-12-26(25)32-33)30(36)31-14-13-28(34)35/h7-12,15-18,27H,5-6,13-14H2,1-4H3,(H,31,36)(H,34,35). The van der Waals surface area contributed by atoms with Crippen LogP contribution in [0.15, 0.2) is 60.8 Å². The van der Waals surface area contributed by atoms with Gasteiger partial charge in [-0.2, -0.15) is 5.10 Å². The number of amides is 1. The van der Waals surface area contributed by atoms with E-state index in [9.17, 15) is 9.59 Å². The van der Waals surface area contributed by atoms with E-state index >= 15 is 0 Å². The van der Waals surface area contributed by atoms with E-state index in [2.05, 4.69) is 69.4 Å². The zero-order valence-electron chi connectivity index (χ0n) is 21.3. The maximum absolute atomic E-state index is 12.4. The van der Waals surface area contributed by atoms with E-state index in [1.165, 1.54) is 33.4 Å². The van der Waals surface area contributed by atoms with Gasteiger partial charge in [0.15, 0.2) is 0 Å². The molecule has 0 aliphatic rings.